The van der Waals surface area contributed by atoms with Gasteiger partial charge in [-0.05, 0) is 68.5 Å². The lowest BCUT2D eigenvalue weighted by molar-refractivity contribution is -0.504. The second-order valence-corrected chi connectivity index (χ2v) is 14.7. The molecule has 9 nitrogen and oxygen atoms in total. The van der Waals surface area contributed by atoms with Gasteiger partial charge >= 0.3 is 5.97 Å². The highest BCUT2D eigenvalue weighted by Crippen LogP contribution is 2.65. The van der Waals surface area contributed by atoms with E-state index in [1.54, 1.807) is 57.2 Å². The molecule has 0 spiro atoms. The van der Waals surface area contributed by atoms with Gasteiger partial charge in [0.05, 0.1) is 16.2 Å². The standard InChI is InChI=1S/C32H31F3N5O4P/c1-32(2,3)44-45(43)22-16-18(39-12-4-5-13-39)8-10-20(22)24(21-11-9-19(17-23(21)45)40-14-6-7-15-40)25-26(31(41)42)27(33)29(35)30(28(25)34)37-38-36/h8-11,16-17H,4-7,12-15H2,1-3H3/p+1. The molecule has 2 aromatic carbocycles. The summed E-state index contributed by atoms with van der Waals surface area (Å²) in [7, 11) is -4.00. The Balaban J connectivity index is 1.77. The first-order chi connectivity index (χ1) is 21.4. The largest absolute Gasteiger partial charge is 0.478 e. The van der Waals surface area contributed by atoms with Crippen molar-refractivity contribution in [3.8, 4) is 0 Å². The van der Waals surface area contributed by atoms with Crippen LogP contribution in [0, 0.1) is 17.5 Å². The van der Waals surface area contributed by atoms with Crippen molar-refractivity contribution in [1.82, 2.24) is 0 Å². The van der Waals surface area contributed by atoms with E-state index >= 15 is 13.3 Å². The van der Waals surface area contributed by atoms with Gasteiger partial charge in [-0.1, -0.05) is 11.2 Å². The van der Waals surface area contributed by atoms with Gasteiger partial charge in [-0.15, -0.1) is 0 Å². The van der Waals surface area contributed by atoms with Crippen molar-refractivity contribution in [2.75, 3.05) is 31.1 Å². The number of rotatable bonds is 5. The zero-order valence-corrected chi connectivity index (χ0v) is 26.0. The van der Waals surface area contributed by atoms with Crippen molar-refractivity contribution < 1.29 is 36.7 Å². The molecule has 234 valence electrons. The molecule has 45 heavy (non-hydrogen) atoms. The lowest BCUT2D eigenvalue weighted by atomic mass is 9.86. The number of halogens is 3. The lowest BCUT2D eigenvalue weighted by Gasteiger charge is -2.37. The van der Waals surface area contributed by atoms with Crippen molar-refractivity contribution >= 4 is 41.3 Å². The van der Waals surface area contributed by atoms with Crippen LogP contribution in [0.4, 0.5) is 24.5 Å². The van der Waals surface area contributed by atoms with Crippen LogP contribution in [-0.4, -0.2) is 53.1 Å². The SMILES string of the molecule is CC(C)(C)OP1(=O)C2=CC(=[N+]3CCCC3)C=CC2=C(c2c(F)c(N=[N+]=[N-])c(F)c(F)c2C(=O)O)c2ccc(N3CCCC3)cc21. The van der Waals surface area contributed by atoms with Crippen molar-refractivity contribution in [2.24, 2.45) is 5.11 Å². The van der Waals surface area contributed by atoms with E-state index in [4.69, 9.17) is 10.1 Å². The average Bonchev–Trinajstić information content (AvgIpc) is 3.72. The molecule has 4 aliphatic rings. The third-order valence-electron chi connectivity index (χ3n) is 8.39. The Bertz CT molecular complexity index is 1870. The molecule has 2 aromatic rings. The smallest absolute Gasteiger partial charge is 0.339 e. The van der Waals surface area contributed by atoms with Crippen LogP contribution in [0.15, 0.2) is 52.4 Å². The third-order valence-corrected chi connectivity index (χ3v) is 11.2. The molecule has 1 N–H and O–H groups in total. The summed E-state index contributed by atoms with van der Waals surface area (Å²) in [5.74, 6) is -7.26. The van der Waals surface area contributed by atoms with Gasteiger partial charge in [0.15, 0.2) is 11.6 Å². The summed E-state index contributed by atoms with van der Waals surface area (Å²) < 4.78 is 70.8. The first-order valence-corrected chi connectivity index (χ1v) is 16.4. The van der Waals surface area contributed by atoms with Crippen LogP contribution in [0.1, 0.15) is 67.9 Å². The van der Waals surface area contributed by atoms with Gasteiger partial charge in [0.25, 0.3) is 7.37 Å². The second kappa shape index (κ2) is 11.4. The van der Waals surface area contributed by atoms with Crippen LogP contribution in [0.2, 0.25) is 0 Å². The Morgan fingerprint density at radius 1 is 1.07 bits per heavy atom. The van der Waals surface area contributed by atoms with Gasteiger partial charge in [-0.3, -0.25) is 4.57 Å². The highest BCUT2D eigenvalue weighted by atomic mass is 31.2. The number of nitrogens with zero attached hydrogens (tertiary/aromatic N) is 5. The molecule has 6 rings (SSSR count). The average molecular weight is 639 g/mol. The fourth-order valence-electron chi connectivity index (χ4n) is 6.54. The van der Waals surface area contributed by atoms with Gasteiger partial charge in [0.2, 0.25) is 5.71 Å². The highest BCUT2D eigenvalue weighted by Gasteiger charge is 2.47. The molecule has 1 aliphatic carbocycles. The molecule has 0 aromatic heterocycles. The molecule has 3 heterocycles. The molecule has 0 radical (unpaired) electrons. The first kappa shape index (κ1) is 30.9. The maximum atomic E-state index is 16.3. The van der Waals surface area contributed by atoms with E-state index in [0.29, 0.717) is 0 Å². The molecule has 0 saturated carbocycles. The second-order valence-electron chi connectivity index (χ2n) is 12.5. The van der Waals surface area contributed by atoms with Gasteiger partial charge in [0.1, 0.15) is 30.2 Å². The minimum Gasteiger partial charge on any atom is -0.478 e. The summed E-state index contributed by atoms with van der Waals surface area (Å²) in [6.07, 6.45) is 8.93. The fourth-order valence-corrected chi connectivity index (χ4v) is 9.38. The zero-order chi connectivity index (χ0) is 32.3. The van der Waals surface area contributed by atoms with Crippen LogP contribution in [0.3, 0.4) is 0 Å². The number of azide groups is 1. The Labute approximate surface area is 258 Å². The number of benzene rings is 2. The van der Waals surface area contributed by atoms with Gasteiger partial charge < -0.3 is 14.5 Å². The molecule has 1 atom stereocenters. The number of carboxylic acid groups (broad SMARTS) is 1. The number of carbonyl (C=O) groups is 1. The maximum absolute atomic E-state index is 16.3. The summed E-state index contributed by atoms with van der Waals surface area (Å²) in [5.41, 5.74) is 6.40. The summed E-state index contributed by atoms with van der Waals surface area (Å²) in [6, 6.07) is 5.06. The zero-order valence-electron chi connectivity index (χ0n) is 25.1. The highest BCUT2D eigenvalue weighted by molar-refractivity contribution is 7.71. The minimum absolute atomic E-state index is 0.117. The maximum Gasteiger partial charge on any atom is 0.339 e. The predicted molar refractivity (Wildman–Crippen MR) is 166 cm³/mol. The molecule has 2 saturated heterocycles. The van der Waals surface area contributed by atoms with Gasteiger partial charge in [-0.2, -0.15) is 0 Å². The molecule has 13 heteroatoms. The van der Waals surface area contributed by atoms with Crippen LogP contribution >= 0.6 is 7.37 Å². The monoisotopic (exact) mass is 638 g/mol. The Kier molecular flexibility index (Phi) is 7.80. The van der Waals surface area contributed by atoms with Crippen molar-refractivity contribution in [3.63, 3.8) is 0 Å². The molecular formula is C32H32F3N5O4P+. The Hall–Kier alpha value is -4.11. The van der Waals surface area contributed by atoms with Crippen LogP contribution < -0.4 is 10.2 Å². The van der Waals surface area contributed by atoms with E-state index < -0.39 is 53.2 Å². The topological polar surface area (TPSA) is 119 Å². The number of carboxylic acids is 1. The van der Waals surface area contributed by atoms with E-state index in [-0.39, 0.29) is 27.3 Å². The van der Waals surface area contributed by atoms with Crippen molar-refractivity contribution in [3.05, 3.63) is 91.9 Å². The number of hydrogen-bond donors (Lipinski definition) is 1. The fraction of sp³-hybridized carbons (Fsp3) is 0.375. The van der Waals surface area contributed by atoms with Gasteiger partial charge in [0, 0.05) is 59.8 Å². The van der Waals surface area contributed by atoms with Gasteiger partial charge in [-0.25, -0.2) is 22.5 Å². The number of fused-ring (bicyclic) bond motifs is 2. The van der Waals surface area contributed by atoms with Crippen molar-refractivity contribution in [2.45, 2.75) is 52.1 Å². The quantitative estimate of drug-likeness (QED) is 0.0905. The summed E-state index contributed by atoms with van der Waals surface area (Å²) in [5, 5.41) is 13.5. The summed E-state index contributed by atoms with van der Waals surface area (Å²) in [4.78, 5) is 17.0. The molecule has 1 unspecified atom stereocenters. The predicted octanol–water partition coefficient (Wildman–Crippen LogP) is 7.58. The summed E-state index contributed by atoms with van der Waals surface area (Å²) >= 11 is 0. The first-order valence-electron chi connectivity index (χ1n) is 14.8. The van der Waals surface area contributed by atoms with Crippen LogP contribution in [-0.2, 0) is 9.09 Å². The molecular weight excluding hydrogens is 606 g/mol. The van der Waals surface area contributed by atoms with E-state index in [2.05, 4.69) is 19.5 Å². The lowest BCUT2D eigenvalue weighted by Crippen LogP contribution is -2.30. The van der Waals surface area contributed by atoms with E-state index in [9.17, 15) is 14.3 Å². The van der Waals surface area contributed by atoms with Crippen LogP contribution in [0.25, 0.3) is 16.0 Å². The molecule has 0 amide bonds. The minimum atomic E-state index is -4.00. The Morgan fingerprint density at radius 2 is 1.76 bits per heavy atom. The number of hydrogen-bond acceptors (Lipinski definition) is 5. The number of anilines is 1. The molecule has 3 aliphatic heterocycles. The summed E-state index contributed by atoms with van der Waals surface area (Å²) in [6.45, 7) is 8.38. The van der Waals surface area contributed by atoms with E-state index in [1.165, 1.54) is 0 Å². The van der Waals surface area contributed by atoms with Crippen molar-refractivity contribution in [1.29, 1.82) is 0 Å². The van der Waals surface area contributed by atoms with E-state index in [0.717, 1.165) is 63.3 Å². The Morgan fingerprint density at radius 3 is 2.38 bits per heavy atom. The third kappa shape index (κ3) is 5.21. The molecule has 2 fully saturated rings. The molecule has 0 bridgehead atoms. The van der Waals surface area contributed by atoms with E-state index in [1.807, 2.05) is 0 Å². The number of aromatic carboxylic acids is 1. The normalized spacial score (nSPS) is 21.1. The number of allylic oxidation sites excluding steroid dienone is 5. The van der Waals surface area contributed by atoms with Crippen LogP contribution in [0.5, 0.6) is 0 Å².